The molecule has 0 heterocycles. The van der Waals surface area contributed by atoms with Gasteiger partial charge >= 0.3 is 0 Å². The molecule has 3 unspecified atom stereocenters. The summed E-state index contributed by atoms with van der Waals surface area (Å²) in [7, 11) is -3.01. The largest absolute Gasteiger partial charge is 0.330 e. The minimum absolute atomic E-state index is 0.0703. The van der Waals surface area contributed by atoms with Gasteiger partial charge in [-0.25, -0.2) is 8.42 Å². The maximum Gasteiger partial charge on any atom is 0.150 e. The van der Waals surface area contributed by atoms with E-state index in [0.29, 0.717) is 25.8 Å². The third-order valence-electron chi connectivity index (χ3n) is 4.09. The van der Waals surface area contributed by atoms with Crippen LogP contribution in [-0.2, 0) is 14.6 Å². The van der Waals surface area contributed by atoms with E-state index in [-0.39, 0.29) is 22.9 Å². The highest BCUT2D eigenvalue weighted by atomic mass is 32.2. The lowest BCUT2D eigenvalue weighted by Gasteiger charge is -2.27. The summed E-state index contributed by atoms with van der Waals surface area (Å²) >= 11 is 0. The predicted molar refractivity (Wildman–Crippen MR) is 73.0 cm³/mol. The van der Waals surface area contributed by atoms with Crippen molar-refractivity contribution in [1.29, 1.82) is 0 Å². The smallest absolute Gasteiger partial charge is 0.150 e. The zero-order valence-corrected chi connectivity index (χ0v) is 12.2. The Labute approximate surface area is 110 Å². The Kier molecular flexibility index (Phi) is 5.79. The van der Waals surface area contributed by atoms with Crippen molar-refractivity contribution in [3.8, 4) is 0 Å². The van der Waals surface area contributed by atoms with Gasteiger partial charge in [-0.1, -0.05) is 19.8 Å². The van der Waals surface area contributed by atoms with Crippen LogP contribution in [0, 0.1) is 11.8 Å². The number of nitrogens with two attached hydrogens (primary N) is 1. The van der Waals surface area contributed by atoms with E-state index in [0.717, 1.165) is 19.3 Å². The molecule has 0 aliphatic heterocycles. The molecule has 0 spiro atoms. The summed E-state index contributed by atoms with van der Waals surface area (Å²) in [5.74, 6) is 0.385. The van der Waals surface area contributed by atoms with Crippen molar-refractivity contribution in [2.45, 2.75) is 50.7 Å². The standard InChI is InChI=1S/C13H25NO3S/c1-3-10(9-14)7-13(15)11-5-4-6-12(8-11)18(2,16)17/h10-12H,3-9,14H2,1-2H3. The first kappa shape index (κ1) is 15.6. The molecular formula is C13H25NO3S. The molecule has 4 nitrogen and oxygen atoms in total. The highest BCUT2D eigenvalue weighted by Crippen LogP contribution is 2.30. The van der Waals surface area contributed by atoms with Crippen molar-refractivity contribution >= 4 is 15.6 Å². The van der Waals surface area contributed by atoms with E-state index >= 15 is 0 Å². The molecule has 0 bridgehead atoms. The normalized spacial score (nSPS) is 26.8. The van der Waals surface area contributed by atoms with Gasteiger partial charge in [-0.3, -0.25) is 4.79 Å². The molecule has 18 heavy (non-hydrogen) atoms. The van der Waals surface area contributed by atoms with Crippen molar-refractivity contribution in [2.75, 3.05) is 12.8 Å². The summed E-state index contributed by atoms with van der Waals surface area (Å²) in [4.78, 5) is 12.1. The second-order valence-electron chi connectivity index (χ2n) is 5.50. The van der Waals surface area contributed by atoms with E-state index in [1.165, 1.54) is 6.26 Å². The fourth-order valence-corrected chi connectivity index (χ4v) is 3.85. The van der Waals surface area contributed by atoms with Crippen molar-refractivity contribution in [2.24, 2.45) is 17.6 Å². The summed E-state index contributed by atoms with van der Waals surface area (Å²) < 4.78 is 23.1. The average Bonchev–Trinajstić information content (AvgIpc) is 2.34. The van der Waals surface area contributed by atoms with Crippen LogP contribution in [0.25, 0.3) is 0 Å². The van der Waals surface area contributed by atoms with Gasteiger partial charge in [0.1, 0.15) is 15.6 Å². The second kappa shape index (κ2) is 6.66. The van der Waals surface area contributed by atoms with Crippen molar-refractivity contribution in [3.63, 3.8) is 0 Å². The summed E-state index contributed by atoms with van der Waals surface area (Å²) in [5.41, 5.74) is 5.61. The Bertz CT molecular complexity index is 374. The first-order valence-electron chi connectivity index (χ1n) is 6.80. The van der Waals surface area contributed by atoms with E-state index in [9.17, 15) is 13.2 Å². The van der Waals surface area contributed by atoms with Crippen molar-refractivity contribution < 1.29 is 13.2 Å². The fourth-order valence-electron chi connectivity index (χ4n) is 2.67. The first-order valence-corrected chi connectivity index (χ1v) is 8.75. The summed E-state index contributed by atoms with van der Waals surface area (Å²) in [5, 5.41) is -0.321. The Balaban J connectivity index is 2.58. The minimum atomic E-state index is -3.01. The number of hydrogen-bond acceptors (Lipinski definition) is 4. The van der Waals surface area contributed by atoms with Crippen LogP contribution in [0.2, 0.25) is 0 Å². The zero-order chi connectivity index (χ0) is 13.8. The number of Topliss-reactive ketones (excluding diaryl/α,β-unsaturated/α-hetero) is 1. The molecule has 0 saturated heterocycles. The van der Waals surface area contributed by atoms with Gasteiger partial charge in [0.2, 0.25) is 0 Å². The Morgan fingerprint density at radius 3 is 2.56 bits per heavy atom. The van der Waals surface area contributed by atoms with Crippen molar-refractivity contribution in [1.82, 2.24) is 0 Å². The van der Waals surface area contributed by atoms with Crippen LogP contribution in [0.3, 0.4) is 0 Å². The molecule has 1 saturated carbocycles. The number of sulfone groups is 1. The van der Waals surface area contributed by atoms with Crippen LogP contribution in [0.4, 0.5) is 0 Å². The van der Waals surface area contributed by atoms with Gasteiger partial charge in [0.25, 0.3) is 0 Å². The molecule has 1 aliphatic carbocycles. The Morgan fingerprint density at radius 2 is 2.06 bits per heavy atom. The highest BCUT2D eigenvalue weighted by Gasteiger charge is 2.32. The van der Waals surface area contributed by atoms with Gasteiger partial charge in [-0.15, -0.1) is 0 Å². The molecule has 0 aromatic rings. The lowest BCUT2D eigenvalue weighted by molar-refractivity contribution is -0.124. The Morgan fingerprint density at radius 1 is 1.39 bits per heavy atom. The number of carbonyl (C=O) groups is 1. The van der Waals surface area contributed by atoms with Crippen LogP contribution >= 0.6 is 0 Å². The van der Waals surface area contributed by atoms with Crippen molar-refractivity contribution in [3.05, 3.63) is 0 Å². The highest BCUT2D eigenvalue weighted by molar-refractivity contribution is 7.91. The molecule has 0 aromatic heterocycles. The molecule has 0 radical (unpaired) electrons. The molecular weight excluding hydrogens is 250 g/mol. The maximum atomic E-state index is 12.1. The summed E-state index contributed by atoms with van der Waals surface area (Å²) in [6, 6.07) is 0. The molecule has 3 atom stereocenters. The van der Waals surface area contributed by atoms with E-state index in [1.807, 2.05) is 6.92 Å². The van der Waals surface area contributed by atoms with Crippen LogP contribution in [0.5, 0.6) is 0 Å². The summed E-state index contributed by atoms with van der Waals surface area (Å²) in [6.45, 7) is 2.56. The number of hydrogen-bond donors (Lipinski definition) is 1. The van der Waals surface area contributed by atoms with E-state index in [1.54, 1.807) is 0 Å². The minimum Gasteiger partial charge on any atom is -0.330 e. The third-order valence-corrected chi connectivity index (χ3v) is 5.73. The SMILES string of the molecule is CCC(CN)CC(=O)C1CCCC(S(C)(=O)=O)C1. The van der Waals surface area contributed by atoms with Gasteiger partial charge in [0.05, 0.1) is 5.25 Å². The van der Waals surface area contributed by atoms with Gasteiger partial charge in [0.15, 0.2) is 0 Å². The molecule has 0 amide bonds. The lowest BCUT2D eigenvalue weighted by Crippen LogP contribution is -2.32. The molecule has 2 N–H and O–H groups in total. The van der Waals surface area contributed by atoms with E-state index in [2.05, 4.69) is 0 Å². The van der Waals surface area contributed by atoms with E-state index in [4.69, 9.17) is 5.73 Å². The van der Waals surface area contributed by atoms with Gasteiger partial charge in [-0.05, 0) is 31.7 Å². The van der Waals surface area contributed by atoms with Gasteiger partial charge in [0, 0.05) is 18.6 Å². The van der Waals surface area contributed by atoms with Crippen LogP contribution < -0.4 is 5.73 Å². The second-order valence-corrected chi connectivity index (χ2v) is 7.82. The quantitative estimate of drug-likeness (QED) is 0.797. The summed E-state index contributed by atoms with van der Waals surface area (Å²) in [6.07, 6.45) is 5.59. The lowest BCUT2D eigenvalue weighted by atomic mass is 9.82. The first-order chi connectivity index (χ1) is 8.38. The molecule has 5 heteroatoms. The molecule has 1 rings (SSSR count). The van der Waals surface area contributed by atoms with Crippen LogP contribution in [-0.4, -0.2) is 32.3 Å². The molecule has 1 fully saturated rings. The number of rotatable bonds is 6. The monoisotopic (exact) mass is 275 g/mol. The topological polar surface area (TPSA) is 77.2 Å². The molecule has 0 aromatic carbocycles. The number of carbonyl (C=O) groups excluding carboxylic acids is 1. The van der Waals surface area contributed by atoms with E-state index < -0.39 is 9.84 Å². The van der Waals surface area contributed by atoms with Gasteiger partial charge < -0.3 is 5.73 Å². The van der Waals surface area contributed by atoms with Gasteiger partial charge in [-0.2, -0.15) is 0 Å². The zero-order valence-electron chi connectivity index (χ0n) is 11.4. The number of ketones is 1. The maximum absolute atomic E-state index is 12.1. The molecule has 106 valence electrons. The predicted octanol–water partition coefficient (Wildman–Crippen LogP) is 1.53. The Hall–Kier alpha value is -0.420. The van der Waals surface area contributed by atoms with Crippen LogP contribution in [0.15, 0.2) is 0 Å². The average molecular weight is 275 g/mol. The third kappa shape index (κ3) is 4.35. The fraction of sp³-hybridized carbons (Fsp3) is 0.923. The van der Waals surface area contributed by atoms with Crippen LogP contribution in [0.1, 0.15) is 45.4 Å². The molecule has 1 aliphatic rings.